The van der Waals surface area contributed by atoms with Gasteiger partial charge in [-0.3, -0.25) is 0 Å². The molecule has 0 aromatic heterocycles. The van der Waals surface area contributed by atoms with E-state index >= 15 is 0 Å². The lowest BCUT2D eigenvalue weighted by Gasteiger charge is -2.17. The maximum absolute atomic E-state index is 12.4. The topological polar surface area (TPSA) is 17.1 Å². The van der Waals surface area contributed by atoms with Crippen molar-refractivity contribution in [3.8, 4) is 0 Å². The van der Waals surface area contributed by atoms with Crippen LogP contribution in [0.5, 0.6) is 0 Å². The molecule has 0 rings (SSSR count). The predicted octanol–water partition coefficient (Wildman–Crippen LogP) is 7.56. The van der Waals surface area contributed by atoms with E-state index in [0.29, 0.717) is 10.5 Å². The summed E-state index contributed by atoms with van der Waals surface area (Å²) in [6, 6.07) is 0. The summed E-state index contributed by atoms with van der Waals surface area (Å²) in [5.41, 5.74) is 0. The quantitative estimate of drug-likeness (QED) is 0.240. The molecule has 122 valence electrons. The van der Waals surface area contributed by atoms with Crippen LogP contribution in [0.1, 0.15) is 91.9 Å². The van der Waals surface area contributed by atoms with Crippen molar-refractivity contribution in [2.45, 2.75) is 102 Å². The van der Waals surface area contributed by atoms with Crippen molar-refractivity contribution in [2.24, 2.45) is 0 Å². The minimum atomic E-state index is -1.50. The first-order valence-electron chi connectivity index (χ1n) is 8.55. The van der Waals surface area contributed by atoms with E-state index in [-0.39, 0.29) is 0 Å². The Morgan fingerprint density at radius 3 is 1.45 bits per heavy atom. The molecule has 4 heteroatoms. The molecule has 3 atom stereocenters. The molecule has 0 bridgehead atoms. The van der Waals surface area contributed by atoms with E-state index < -0.39 is 6.20 Å². The van der Waals surface area contributed by atoms with Crippen molar-refractivity contribution in [2.75, 3.05) is 0 Å². The van der Waals surface area contributed by atoms with Crippen LogP contribution in [-0.2, 0) is 4.57 Å². The van der Waals surface area contributed by atoms with Crippen molar-refractivity contribution < 1.29 is 4.57 Å². The molecule has 1 nitrogen and oxygen atoms in total. The molecule has 0 saturated heterocycles. The molecule has 0 amide bonds. The van der Waals surface area contributed by atoms with Crippen molar-refractivity contribution in [3.05, 3.63) is 0 Å². The van der Waals surface area contributed by atoms with Gasteiger partial charge in [0.15, 0.2) is 6.20 Å². The zero-order valence-electron chi connectivity index (χ0n) is 14.0. The van der Waals surface area contributed by atoms with Gasteiger partial charge < -0.3 is 4.57 Å². The lowest BCUT2D eigenvalue weighted by molar-refractivity contribution is 0.601. The molecule has 0 aliphatic rings. The largest absolute Gasteiger partial charge is 0.304 e. The van der Waals surface area contributed by atoms with Crippen molar-refractivity contribution in [1.29, 1.82) is 0 Å². The van der Waals surface area contributed by atoms with Crippen LogP contribution in [-0.4, -0.2) is 10.5 Å². The third-order valence-electron chi connectivity index (χ3n) is 3.70. The minimum Gasteiger partial charge on any atom is -0.304 e. The Bertz CT molecular complexity index is 215. The van der Waals surface area contributed by atoms with Gasteiger partial charge in [0.05, 0.1) is 0 Å². The van der Waals surface area contributed by atoms with Crippen LogP contribution >= 0.6 is 29.0 Å². The summed E-state index contributed by atoms with van der Waals surface area (Å²) in [5, 5.41) is 1.24. The highest BCUT2D eigenvalue weighted by Gasteiger charge is 2.16. The van der Waals surface area contributed by atoms with Gasteiger partial charge in [0, 0.05) is 10.5 Å². The molecule has 0 fully saturated rings. The van der Waals surface area contributed by atoms with Gasteiger partial charge in [0.1, 0.15) is 0 Å². The normalized spacial score (nSPS) is 16.0. The van der Waals surface area contributed by atoms with Crippen LogP contribution in [0.25, 0.3) is 0 Å². The third-order valence-corrected chi connectivity index (χ3v) is 10.8. The Morgan fingerprint density at radius 2 is 1.15 bits per heavy atom. The van der Waals surface area contributed by atoms with Gasteiger partial charge in [0.25, 0.3) is 0 Å². The van der Waals surface area contributed by atoms with E-state index in [0.717, 1.165) is 12.8 Å². The van der Waals surface area contributed by atoms with E-state index in [9.17, 15) is 4.57 Å². The standard InChI is InChI=1S/C16H35OPS2/c1-5-9-11-13-15(7-3)19-18(17)20-16(8-4)14-12-10-6-2/h15-16,18H,5-14H2,1-4H3/t15-,16?/m0/s1. The molecule has 0 N–H and O–H groups in total. The molecular formula is C16H35OPS2. The third kappa shape index (κ3) is 11.6. The molecular weight excluding hydrogens is 303 g/mol. The summed E-state index contributed by atoms with van der Waals surface area (Å²) in [7, 11) is 0. The van der Waals surface area contributed by atoms with Gasteiger partial charge in [-0.1, -0.05) is 89.0 Å². The molecule has 0 radical (unpaired) electrons. The highest BCUT2D eigenvalue weighted by Crippen LogP contribution is 2.56. The van der Waals surface area contributed by atoms with Crippen LogP contribution < -0.4 is 0 Å². The van der Waals surface area contributed by atoms with Gasteiger partial charge in [-0.25, -0.2) is 0 Å². The SMILES string of the molecule is CCCCCC(CC)S[PH](=O)S[C@@H](CC)CCCCC. The van der Waals surface area contributed by atoms with Gasteiger partial charge >= 0.3 is 0 Å². The van der Waals surface area contributed by atoms with Crippen molar-refractivity contribution in [3.63, 3.8) is 0 Å². The highest BCUT2D eigenvalue weighted by molar-refractivity contribution is 8.84. The van der Waals surface area contributed by atoms with Crippen LogP contribution in [0, 0.1) is 0 Å². The summed E-state index contributed by atoms with van der Waals surface area (Å²) >= 11 is 3.57. The molecule has 0 aromatic rings. The Labute approximate surface area is 136 Å². The van der Waals surface area contributed by atoms with Crippen LogP contribution in [0.15, 0.2) is 0 Å². The summed E-state index contributed by atoms with van der Waals surface area (Å²) in [4.78, 5) is 0. The van der Waals surface area contributed by atoms with Crippen LogP contribution in [0.4, 0.5) is 0 Å². The van der Waals surface area contributed by atoms with E-state index in [1.165, 1.54) is 51.4 Å². The lowest BCUT2D eigenvalue weighted by Crippen LogP contribution is -2.00. The van der Waals surface area contributed by atoms with Gasteiger partial charge in [-0.05, 0) is 25.7 Å². The zero-order valence-corrected chi connectivity index (χ0v) is 16.6. The Hall–Kier alpha value is 0.930. The second kappa shape index (κ2) is 14.9. The van der Waals surface area contributed by atoms with E-state index in [1.807, 2.05) is 0 Å². The lowest BCUT2D eigenvalue weighted by atomic mass is 10.1. The molecule has 0 heterocycles. The first-order valence-corrected chi connectivity index (χ1v) is 13.2. The molecule has 0 spiro atoms. The molecule has 0 saturated carbocycles. The first kappa shape index (κ1) is 20.9. The first-order chi connectivity index (χ1) is 9.67. The number of hydrogen-bond acceptors (Lipinski definition) is 3. The fraction of sp³-hybridized carbons (Fsp3) is 1.00. The maximum atomic E-state index is 12.4. The number of hydrogen-bond donors (Lipinski definition) is 0. The Balaban J connectivity index is 3.96. The van der Waals surface area contributed by atoms with E-state index in [1.54, 1.807) is 22.8 Å². The fourth-order valence-electron chi connectivity index (χ4n) is 2.24. The Morgan fingerprint density at radius 1 is 0.750 bits per heavy atom. The van der Waals surface area contributed by atoms with Crippen LogP contribution in [0.3, 0.4) is 0 Å². The fourth-order valence-corrected chi connectivity index (χ4v) is 10.2. The Kier molecular flexibility index (Phi) is 15.5. The molecule has 0 aromatic carbocycles. The number of unbranched alkanes of at least 4 members (excludes halogenated alkanes) is 4. The predicted molar refractivity (Wildman–Crippen MR) is 101 cm³/mol. The summed E-state index contributed by atoms with van der Waals surface area (Å²) < 4.78 is 12.4. The molecule has 0 aliphatic carbocycles. The van der Waals surface area contributed by atoms with Crippen LogP contribution in [0.2, 0.25) is 0 Å². The van der Waals surface area contributed by atoms with E-state index in [4.69, 9.17) is 0 Å². The average molecular weight is 339 g/mol. The van der Waals surface area contributed by atoms with Crippen molar-refractivity contribution >= 4 is 29.0 Å². The average Bonchev–Trinajstić information content (AvgIpc) is 2.45. The smallest absolute Gasteiger partial charge is 0.180 e. The minimum absolute atomic E-state index is 0.619. The number of rotatable bonds is 14. The van der Waals surface area contributed by atoms with E-state index in [2.05, 4.69) is 27.7 Å². The summed E-state index contributed by atoms with van der Waals surface area (Å²) in [5.74, 6) is 0. The zero-order chi connectivity index (χ0) is 15.2. The van der Waals surface area contributed by atoms with Gasteiger partial charge in [0.2, 0.25) is 0 Å². The monoisotopic (exact) mass is 338 g/mol. The molecule has 0 aliphatic heterocycles. The summed E-state index contributed by atoms with van der Waals surface area (Å²) in [6.45, 7) is 8.97. The molecule has 20 heavy (non-hydrogen) atoms. The molecule has 2 unspecified atom stereocenters. The maximum Gasteiger partial charge on any atom is 0.180 e. The second-order valence-corrected chi connectivity index (χ2v) is 12.3. The highest BCUT2D eigenvalue weighted by atomic mass is 33.1. The van der Waals surface area contributed by atoms with Gasteiger partial charge in [-0.2, -0.15) is 0 Å². The van der Waals surface area contributed by atoms with Gasteiger partial charge in [-0.15, -0.1) is 0 Å². The second-order valence-electron chi connectivity index (χ2n) is 5.54. The summed E-state index contributed by atoms with van der Waals surface area (Å²) in [6.07, 6.45) is 11.1. The van der Waals surface area contributed by atoms with Crippen molar-refractivity contribution in [1.82, 2.24) is 0 Å².